The summed E-state index contributed by atoms with van der Waals surface area (Å²) in [4.78, 5) is 17.0. The van der Waals surface area contributed by atoms with E-state index in [1.54, 1.807) is 18.4 Å². The van der Waals surface area contributed by atoms with E-state index >= 15 is 0 Å². The summed E-state index contributed by atoms with van der Waals surface area (Å²) in [6, 6.07) is 7.42. The Morgan fingerprint density at radius 3 is 2.61 bits per heavy atom. The molecule has 10 heteroatoms. The van der Waals surface area contributed by atoms with Crippen LogP contribution in [0.4, 0.5) is 5.69 Å². The minimum absolute atomic E-state index is 0.154. The van der Waals surface area contributed by atoms with E-state index in [1.807, 2.05) is 32.0 Å². The number of sulfonamides is 1. The first-order chi connectivity index (χ1) is 14.7. The van der Waals surface area contributed by atoms with Gasteiger partial charge in [0.1, 0.15) is 4.21 Å². The van der Waals surface area contributed by atoms with Gasteiger partial charge < -0.3 is 9.84 Å². The van der Waals surface area contributed by atoms with Crippen molar-refractivity contribution in [2.24, 2.45) is 5.92 Å². The van der Waals surface area contributed by atoms with Crippen LogP contribution in [0, 0.1) is 26.7 Å². The molecular weight excluding hydrogens is 436 g/mol. The van der Waals surface area contributed by atoms with E-state index in [0.717, 1.165) is 28.2 Å². The lowest BCUT2D eigenvalue weighted by molar-refractivity contribution is -0.120. The zero-order valence-corrected chi connectivity index (χ0v) is 19.2. The van der Waals surface area contributed by atoms with Gasteiger partial charge in [-0.2, -0.15) is 9.29 Å². The van der Waals surface area contributed by atoms with Crippen molar-refractivity contribution in [1.82, 2.24) is 14.4 Å². The van der Waals surface area contributed by atoms with E-state index in [4.69, 9.17) is 4.52 Å². The third-order valence-corrected chi connectivity index (χ3v) is 8.48. The zero-order chi connectivity index (χ0) is 22.2. The number of piperidine rings is 1. The molecule has 0 bridgehead atoms. The molecule has 0 saturated carbocycles. The lowest BCUT2D eigenvalue weighted by Crippen LogP contribution is -2.43. The summed E-state index contributed by atoms with van der Waals surface area (Å²) in [5, 5.41) is 8.49. The first kappa shape index (κ1) is 21.7. The number of nitrogens with zero attached hydrogens (tertiary/aromatic N) is 3. The average Bonchev–Trinajstić information content (AvgIpc) is 3.36. The van der Waals surface area contributed by atoms with E-state index in [-0.39, 0.29) is 16.7 Å². The van der Waals surface area contributed by atoms with Crippen LogP contribution in [0.2, 0.25) is 0 Å². The number of anilines is 1. The summed E-state index contributed by atoms with van der Waals surface area (Å²) in [6.45, 7) is 6.18. The van der Waals surface area contributed by atoms with Crippen LogP contribution < -0.4 is 5.32 Å². The van der Waals surface area contributed by atoms with Crippen molar-refractivity contribution >= 4 is 33.0 Å². The van der Waals surface area contributed by atoms with Gasteiger partial charge in [-0.15, -0.1) is 11.3 Å². The molecule has 1 saturated heterocycles. The fourth-order valence-electron chi connectivity index (χ4n) is 3.78. The van der Waals surface area contributed by atoms with E-state index in [9.17, 15) is 13.2 Å². The molecule has 8 nitrogen and oxygen atoms in total. The van der Waals surface area contributed by atoms with E-state index in [0.29, 0.717) is 36.7 Å². The molecule has 0 unspecified atom stereocenters. The SMILES string of the molecule is Cc1cc(C)cc(NC(=O)[C@H]2CCCN(S(=O)(=O)c3cc(-c4noc(C)n4)cs3)C2)c1. The topological polar surface area (TPSA) is 105 Å². The molecule has 4 rings (SSSR count). The Morgan fingerprint density at radius 1 is 1.19 bits per heavy atom. The standard InChI is InChI=1S/C21H24N4O4S2/c1-13-7-14(2)9-18(8-13)23-21(26)16-5-4-6-25(11-16)31(27,28)19-10-17(12-30-19)20-22-15(3)29-24-20/h7-10,12,16H,4-6,11H2,1-3H3,(H,23,26)/t16-/m0/s1. The Balaban J connectivity index is 1.48. The Morgan fingerprint density at radius 2 is 1.94 bits per heavy atom. The van der Waals surface area contributed by atoms with Crippen LogP contribution in [-0.2, 0) is 14.8 Å². The second-order valence-electron chi connectivity index (χ2n) is 7.86. The smallest absolute Gasteiger partial charge is 0.252 e. The fraction of sp³-hybridized carbons (Fsp3) is 0.381. The minimum atomic E-state index is -3.71. The first-order valence-electron chi connectivity index (χ1n) is 10.0. The van der Waals surface area contributed by atoms with Crippen molar-refractivity contribution in [3.63, 3.8) is 0 Å². The van der Waals surface area contributed by atoms with Crippen molar-refractivity contribution < 1.29 is 17.7 Å². The molecule has 1 fully saturated rings. The van der Waals surface area contributed by atoms with Crippen molar-refractivity contribution in [2.75, 3.05) is 18.4 Å². The highest BCUT2D eigenvalue weighted by molar-refractivity contribution is 7.91. The average molecular weight is 461 g/mol. The predicted octanol–water partition coefficient (Wildman–Crippen LogP) is 3.76. The van der Waals surface area contributed by atoms with Gasteiger partial charge in [-0.05, 0) is 56.0 Å². The summed E-state index contributed by atoms with van der Waals surface area (Å²) in [6.07, 6.45) is 1.28. The second-order valence-corrected chi connectivity index (χ2v) is 10.9. The summed E-state index contributed by atoms with van der Waals surface area (Å²) in [5.41, 5.74) is 3.46. The number of hydrogen-bond acceptors (Lipinski definition) is 7. The number of thiophene rings is 1. The van der Waals surface area contributed by atoms with Gasteiger partial charge in [0.15, 0.2) is 0 Å². The highest BCUT2D eigenvalue weighted by Gasteiger charge is 2.34. The number of carbonyl (C=O) groups is 1. The number of hydrogen-bond donors (Lipinski definition) is 1. The highest BCUT2D eigenvalue weighted by Crippen LogP contribution is 2.31. The van der Waals surface area contributed by atoms with Crippen LogP contribution in [0.3, 0.4) is 0 Å². The summed E-state index contributed by atoms with van der Waals surface area (Å²) in [7, 11) is -3.71. The predicted molar refractivity (Wildman–Crippen MR) is 118 cm³/mol. The number of benzene rings is 1. The Hall–Kier alpha value is -2.56. The normalized spacial score (nSPS) is 17.6. The number of amides is 1. The van der Waals surface area contributed by atoms with Crippen molar-refractivity contribution in [1.29, 1.82) is 0 Å². The number of aryl methyl sites for hydroxylation is 3. The van der Waals surface area contributed by atoms with Gasteiger partial charge in [-0.3, -0.25) is 4.79 Å². The Kier molecular flexibility index (Phi) is 5.96. The zero-order valence-electron chi connectivity index (χ0n) is 17.6. The second kappa shape index (κ2) is 8.52. The monoisotopic (exact) mass is 460 g/mol. The maximum absolute atomic E-state index is 13.2. The van der Waals surface area contributed by atoms with Crippen molar-refractivity contribution in [3.05, 3.63) is 46.7 Å². The molecule has 1 amide bonds. The van der Waals surface area contributed by atoms with E-state index in [2.05, 4.69) is 15.5 Å². The van der Waals surface area contributed by atoms with Gasteiger partial charge in [0, 0.05) is 36.6 Å². The van der Waals surface area contributed by atoms with Gasteiger partial charge >= 0.3 is 0 Å². The third-order valence-electron chi connectivity index (χ3n) is 5.20. The van der Waals surface area contributed by atoms with E-state index in [1.165, 1.54) is 4.31 Å². The Bertz CT molecular complexity index is 1200. The maximum Gasteiger partial charge on any atom is 0.252 e. The fourth-order valence-corrected chi connectivity index (χ4v) is 6.61. The molecule has 3 aromatic rings. The first-order valence-corrected chi connectivity index (χ1v) is 12.3. The van der Waals surface area contributed by atoms with Crippen molar-refractivity contribution in [2.45, 2.75) is 37.8 Å². The number of rotatable bonds is 5. The summed E-state index contributed by atoms with van der Waals surface area (Å²) in [5.74, 6) is 0.224. The van der Waals surface area contributed by atoms with E-state index < -0.39 is 15.9 Å². The molecule has 1 aliphatic rings. The lowest BCUT2D eigenvalue weighted by Gasteiger charge is -2.30. The highest BCUT2D eigenvalue weighted by atomic mass is 32.2. The maximum atomic E-state index is 13.2. The molecule has 1 aliphatic heterocycles. The molecule has 1 atom stereocenters. The van der Waals surface area contributed by atoms with Crippen LogP contribution in [-0.4, -0.2) is 41.9 Å². The Labute approximate surface area is 185 Å². The van der Waals surface area contributed by atoms with Gasteiger partial charge in [0.05, 0.1) is 5.92 Å². The van der Waals surface area contributed by atoms with Crippen LogP contribution in [0.1, 0.15) is 29.9 Å². The number of nitrogens with one attached hydrogen (secondary N) is 1. The molecule has 2 aromatic heterocycles. The molecular formula is C21H24N4O4S2. The third kappa shape index (κ3) is 4.70. The minimum Gasteiger partial charge on any atom is -0.339 e. The van der Waals surface area contributed by atoms with Gasteiger partial charge in [0.2, 0.25) is 17.6 Å². The molecule has 3 heterocycles. The number of carbonyl (C=O) groups excluding carboxylic acids is 1. The van der Waals surface area contributed by atoms with Crippen LogP contribution >= 0.6 is 11.3 Å². The molecule has 1 aromatic carbocycles. The molecule has 0 spiro atoms. The molecule has 0 aliphatic carbocycles. The van der Waals surface area contributed by atoms with Crippen LogP contribution in [0.5, 0.6) is 0 Å². The van der Waals surface area contributed by atoms with Gasteiger partial charge in [-0.25, -0.2) is 8.42 Å². The lowest BCUT2D eigenvalue weighted by atomic mass is 9.98. The largest absolute Gasteiger partial charge is 0.339 e. The van der Waals surface area contributed by atoms with Crippen LogP contribution in [0.15, 0.2) is 38.4 Å². The quantitative estimate of drug-likeness (QED) is 0.621. The van der Waals surface area contributed by atoms with Crippen molar-refractivity contribution in [3.8, 4) is 11.4 Å². The number of aromatic nitrogens is 2. The molecule has 31 heavy (non-hydrogen) atoms. The molecule has 1 N–H and O–H groups in total. The van der Waals surface area contributed by atoms with Gasteiger partial charge in [-0.1, -0.05) is 11.2 Å². The van der Waals surface area contributed by atoms with Gasteiger partial charge in [0.25, 0.3) is 10.0 Å². The van der Waals surface area contributed by atoms with Crippen LogP contribution in [0.25, 0.3) is 11.4 Å². The molecule has 164 valence electrons. The summed E-state index contributed by atoms with van der Waals surface area (Å²) < 4.78 is 33.0. The summed E-state index contributed by atoms with van der Waals surface area (Å²) >= 11 is 1.12. The molecule has 0 radical (unpaired) electrons.